The molecular formula is C21H22N6O. The molecule has 0 amide bonds. The first-order valence-electron chi connectivity index (χ1n) is 9.60. The first-order chi connectivity index (χ1) is 13.9. The molecule has 142 valence electrons. The molecule has 1 aliphatic heterocycles. The highest BCUT2D eigenvalue weighted by molar-refractivity contribution is 5.88. The van der Waals surface area contributed by atoms with Gasteiger partial charge in [-0.1, -0.05) is 18.2 Å². The van der Waals surface area contributed by atoms with Gasteiger partial charge in [0.1, 0.15) is 11.6 Å². The van der Waals surface area contributed by atoms with Crippen LogP contribution >= 0.6 is 0 Å². The van der Waals surface area contributed by atoms with E-state index < -0.39 is 0 Å². The molecule has 4 heterocycles. The molecule has 1 aromatic carbocycles. The van der Waals surface area contributed by atoms with Crippen LogP contribution in [0.25, 0.3) is 22.3 Å². The smallest absolute Gasteiger partial charge is 0.143 e. The number of ether oxygens (including phenoxy) is 1. The van der Waals surface area contributed by atoms with Crippen molar-refractivity contribution in [3.8, 4) is 11.4 Å². The van der Waals surface area contributed by atoms with Crippen molar-refractivity contribution in [2.45, 2.75) is 13.1 Å². The summed E-state index contributed by atoms with van der Waals surface area (Å²) in [6.07, 6.45) is 7.67. The minimum absolute atomic E-state index is 0.724. The molecule has 1 fully saturated rings. The number of hydrogen-bond donors (Lipinski definition) is 0. The highest BCUT2D eigenvalue weighted by Gasteiger charge is 2.20. The Morgan fingerprint density at radius 2 is 1.86 bits per heavy atom. The molecule has 0 spiro atoms. The van der Waals surface area contributed by atoms with Gasteiger partial charge in [0.2, 0.25) is 0 Å². The molecule has 1 saturated heterocycles. The van der Waals surface area contributed by atoms with Crippen LogP contribution in [-0.2, 0) is 17.8 Å². The van der Waals surface area contributed by atoms with Gasteiger partial charge in [-0.3, -0.25) is 4.68 Å². The predicted octanol–water partition coefficient (Wildman–Crippen LogP) is 2.83. The lowest BCUT2D eigenvalue weighted by molar-refractivity contribution is 0.122. The summed E-state index contributed by atoms with van der Waals surface area (Å²) in [4.78, 5) is 12.0. The zero-order valence-corrected chi connectivity index (χ0v) is 15.6. The van der Waals surface area contributed by atoms with Gasteiger partial charge >= 0.3 is 0 Å². The summed E-state index contributed by atoms with van der Waals surface area (Å²) in [5, 5.41) is 5.42. The molecule has 0 saturated carbocycles. The normalized spacial score (nSPS) is 14.6. The fourth-order valence-electron chi connectivity index (χ4n) is 3.66. The van der Waals surface area contributed by atoms with Crippen LogP contribution in [0.5, 0.6) is 0 Å². The van der Waals surface area contributed by atoms with Crippen molar-refractivity contribution in [2.75, 3.05) is 31.2 Å². The van der Waals surface area contributed by atoms with Gasteiger partial charge in [0, 0.05) is 49.8 Å². The molecule has 0 unspecified atom stereocenters. The monoisotopic (exact) mass is 374 g/mol. The average Bonchev–Trinajstić information content (AvgIpc) is 3.44. The Morgan fingerprint density at radius 1 is 0.964 bits per heavy atom. The highest BCUT2D eigenvalue weighted by atomic mass is 16.5. The zero-order chi connectivity index (χ0) is 18.8. The molecule has 0 atom stereocenters. The van der Waals surface area contributed by atoms with Crippen LogP contribution in [0.3, 0.4) is 0 Å². The summed E-state index contributed by atoms with van der Waals surface area (Å²) in [6.45, 7) is 4.72. The number of aromatic nitrogens is 5. The van der Waals surface area contributed by atoms with E-state index in [1.54, 1.807) is 6.20 Å². The summed E-state index contributed by atoms with van der Waals surface area (Å²) in [7, 11) is 0. The minimum Gasteiger partial charge on any atom is -0.378 e. The first-order valence-corrected chi connectivity index (χ1v) is 9.60. The molecule has 7 nitrogen and oxygen atoms in total. The Kier molecular flexibility index (Phi) is 4.50. The molecule has 5 rings (SSSR count). The molecular weight excluding hydrogens is 352 g/mol. The van der Waals surface area contributed by atoms with Crippen LogP contribution in [0.4, 0.5) is 5.82 Å². The second-order valence-corrected chi connectivity index (χ2v) is 6.87. The molecule has 7 heteroatoms. The van der Waals surface area contributed by atoms with Crippen LogP contribution in [-0.4, -0.2) is 50.6 Å². The lowest BCUT2D eigenvalue weighted by atomic mass is 10.1. The second-order valence-electron chi connectivity index (χ2n) is 6.87. The topological polar surface area (TPSA) is 61.0 Å². The molecule has 28 heavy (non-hydrogen) atoms. The maximum absolute atomic E-state index is 5.54. The number of pyridine rings is 1. The van der Waals surface area contributed by atoms with Crippen molar-refractivity contribution in [1.82, 2.24) is 24.3 Å². The molecule has 0 radical (unpaired) electrons. The SMILES string of the molecule is c1ccc2nc(N3CCOCC3)c(-c3nccn3CCn3cccn3)cc2c1. The van der Waals surface area contributed by atoms with Crippen LogP contribution in [0.2, 0.25) is 0 Å². The zero-order valence-electron chi connectivity index (χ0n) is 15.6. The molecule has 0 bridgehead atoms. The number of hydrogen-bond acceptors (Lipinski definition) is 5. The molecule has 3 aromatic heterocycles. The van der Waals surface area contributed by atoms with E-state index in [-0.39, 0.29) is 0 Å². The Bertz CT molecular complexity index is 1070. The minimum atomic E-state index is 0.724. The van der Waals surface area contributed by atoms with E-state index >= 15 is 0 Å². The summed E-state index contributed by atoms with van der Waals surface area (Å²) in [5.74, 6) is 1.92. The number of para-hydroxylation sites is 1. The van der Waals surface area contributed by atoms with Crippen LogP contribution in [0, 0.1) is 0 Å². The largest absolute Gasteiger partial charge is 0.378 e. The summed E-state index contributed by atoms with van der Waals surface area (Å²) in [5.41, 5.74) is 2.06. The van der Waals surface area contributed by atoms with Crippen LogP contribution in [0.1, 0.15) is 0 Å². The van der Waals surface area contributed by atoms with E-state index in [9.17, 15) is 0 Å². The van der Waals surface area contributed by atoms with E-state index in [1.165, 1.54) is 0 Å². The number of anilines is 1. The van der Waals surface area contributed by atoms with Crippen molar-refractivity contribution in [3.63, 3.8) is 0 Å². The average molecular weight is 374 g/mol. The van der Waals surface area contributed by atoms with E-state index in [4.69, 9.17) is 9.72 Å². The Hall–Kier alpha value is -3.19. The van der Waals surface area contributed by atoms with Crippen molar-refractivity contribution in [2.24, 2.45) is 0 Å². The first kappa shape index (κ1) is 16.9. The Morgan fingerprint density at radius 3 is 2.71 bits per heavy atom. The number of rotatable bonds is 5. The number of nitrogens with zero attached hydrogens (tertiary/aromatic N) is 6. The van der Waals surface area contributed by atoms with Gasteiger partial charge in [0.15, 0.2) is 0 Å². The third-order valence-corrected chi connectivity index (χ3v) is 5.10. The fraction of sp³-hybridized carbons (Fsp3) is 0.286. The van der Waals surface area contributed by atoms with Gasteiger partial charge in [-0.05, 0) is 18.2 Å². The van der Waals surface area contributed by atoms with Crippen molar-refractivity contribution in [1.29, 1.82) is 0 Å². The van der Waals surface area contributed by atoms with Gasteiger partial charge in [-0.25, -0.2) is 9.97 Å². The number of imidazole rings is 1. The quantitative estimate of drug-likeness (QED) is 0.538. The van der Waals surface area contributed by atoms with Crippen LogP contribution in [0.15, 0.2) is 61.2 Å². The maximum Gasteiger partial charge on any atom is 0.143 e. The fourth-order valence-corrected chi connectivity index (χ4v) is 3.66. The van der Waals surface area contributed by atoms with Gasteiger partial charge in [0.25, 0.3) is 0 Å². The third-order valence-electron chi connectivity index (χ3n) is 5.10. The lowest BCUT2D eigenvalue weighted by Gasteiger charge is -2.29. The predicted molar refractivity (Wildman–Crippen MR) is 108 cm³/mol. The number of fused-ring (bicyclic) bond motifs is 1. The van der Waals surface area contributed by atoms with Gasteiger partial charge in [0.05, 0.1) is 30.8 Å². The Balaban J connectivity index is 1.56. The van der Waals surface area contributed by atoms with E-state index in [0.717, 1.165) is 67.5 Å². The van der Waals surface area contributed by atoms with Crippen LogP contribution < -0.4 is 4.90 Å². The molecule has 1 aliphatic rings. The molecule has 0 aliphatic carbocycles. The number of aryl methyl sites for hydroxylation is 2. The molecule has 0 N–H and O–H groups in total. The van der Waals surface area contributed by atoms with Gasteiger partial charge in [-0.15, -0.1) is 0 Å². The lowest BCUT2D eigenvalue weighted by Crippen LogP contribution is -2.37. The summed E-state index contributed by atoms with van der Waals surface area (Å²) >= 11 is 0. The summed E-state index contributed by atoms with van der Waals surface area (Å²) < 4.78 is 9.66. The number of benzene rings is 1. The van der Waals surface area contributed by atoms with Gasteiger partial charge < -0.3 is 14.2 Å². The Labute approximate surface area is 163 Å². The van der Waals surface area contributed by atoms with E-state index in [2.05, 4.69) is 37.7 Å². The van der Waals surface area contributed by atoms with E-state index in [0.29, 0.717) is 0 Å². The third kappa shape index (κ3) is 3.25. The van der Waals surface area contributed by atoms with Crippen molar-refractivity contribution >= 4 is 16.7 Å². The maximum atomic E-state index is 5.54. The second kappa shape index (κ2) is 7.44. The molecule has 4 aromatic rings. The standard InChI is InChI=1S/C21H22N6O/c1-2-5-19-17(4-1)16-18(21(24-19)26-12-14-28-15-13-26)20-22-7-9-25(20)10-11-27-8-3-6-23-27/h1-9,16H,10-15H2. The van der Waals surface area contributed by atoms with Gasteiger partial charge in [-0.2, -0.15) is 5.10 Å². The van der Waals surface area contributed by atoms with Crippen molar-refractivity contribution < 1.29 is 4.74 Å². The highest BCUT2D eigenvalue weighted by Crippen LogP contribution is 2.32. The van der Waals surface area contributed by atoms with E-state index in [1.807, 2.05) is 41.5 Å². The summed E-state index contributed by atoms with van der Waals surface area (Å²) in [6, 6.07) is 12.4. The number of morpholine rings is 1. The van der Waals surface area contributed by atoms with Crippen molar-refractivity contribution in [3.05, 3.63) is 61.2 Å².